The summed E-state index contributed by atoms with van der Waals surface area (Å²) in [5.74, 6) is 0. The molecule has 0 aliphatic carbocycles. The number of H-pyrrole nitrogens is 1. The van der Waals surface area contributed by atoms with E-state index in [-0.39, 0.29) is 0 Å². The Labute approximate surface area is 152 Å². The highest BCUT2D eigenvalue weighted by Gasteiger charge is 2.23. The van der Waals surface area contributed by atoms with Crippen molar-refractivity contribution in [2.75, 3.05) is 0 Å². The maximum Gasteiger partial charge on any atom is 0.193 e. The first kappa shape index (κ1) is 14.0. The molecule has 1 N–H and O–H groups in total. The Morgan fingerprint density at radius 1 is 0.538 bits per heavy atom. The van der Waals surface area contributed by atoms with Crippen molar-refractivity contribution in [2.24, 2.45) is 0 Å². The standard InChI is InChI=1S/C24H16BN/c1-3-12-20-19(8-1)23-16(9-6-13-21(23)25-20)18-11-5-10-17-15-7-2-4-14-22(15)26-24(17)18/h1-14,25-26H. The summed E-state index contributed by atoms with van der Waals surface area (Å²) in [4.78, 5) is 3.66. The molecule has 0 atom stereocenters. The first-order valence-electron chi connectivity index (χ1n) is 9.10. The molecule has 0 spiro atoms. The Bertz CT molecular complexity index is 1310. The molecule has 26 heavy (non-hydrogen) atoms. The summed E-state index contributed by atoms with van der Waals surface area (Å²) in [6, 6.07) is 30.7. The first-order chi connectivity index (χ1) is 12.9. The van der Waals surface area contributed by atoms with E-state index in [0.29, 0.717) is 0 Å². The van der Waals surface area contributed by atoms with Gasteiger partial charge in [-0.1, -0.05) is 89.8 Å². The zero-order chi connectivity index (χ0) is 17.1. The number of fused-ring (bicyclic) bond motifs is 6. The van der Waals surface area contributed by atoms with Gasteiger partial charge in [-0.2, -0.15) is 0 Å². The van der Waals surface area contributed by atoms with Gasteiger partial charge in [0.05, 0.1) is 5.52 Å². The van der Waals surface area contributed by atoms with Crippen LogP contribution < -0.4 is 10.9 Å². The maximum absolute atomic E-state index is 3.66. The molecule has 0 unspecified atom stereocenters. The Hall–Kier alpha value is -3.26. The molecule has 0 saturated carbocycles. The quantitative estimate of drug-likeness (QED) is 0.432. The number of rotatable bonds is 1. The minimum Gasteiger partial charge on any atom is -0.354 e. The number of hydrogen-bond donors (Lipinski definition) is 1. The van der Waals surface area contributed by atoms with Gasteiger partial charge in [-0.3, -0.25) is 0 Å². The number of aromatic amines is 1. The van der Waals surface area contributed by atoms with Gasteiger partial charge in [0.15, 0.2) is 7.28 Å². The fraction of sp³-hybridized carbons (Fsp3) is 0. The third-order valence-electron chi connectivity index (χ3n) is 5.65. The number of aromatic nitrogens is 1. The van der Waals surface area contributed by atoms with E-state index in [0.717, 1.165) is 7.28 Å². The molecule has 2 heteroatoms. The van der Waals surface area contributed by atoms with E-state index >= 15 is 0 Å². The number of benzene rings is 4. The van der Waals surface area contributed by atoms with Crippen molar-refractivity contribution in [1.29, 1.82) is 0 Å². The van der Waals surface area contributed by atoms with Crippen molar-refractivity contribution >= 4 is 40.0 Å². The minimum absolute atomic E-state index is 1.03. The van der Waals surface area contributed by atoms with Gasteiger partial charge in [0.1, 0.15) is 0 Å². The van der Waals surface area contributed by atoms with Crippen molar-refractivity contribution in [1.82, 2.24) is 4.98 Å². The second-order valence-corrected chi connectivity index (χ2v) is 7.07. The lowest BCUT2D eigenvalue weighted by Gasteiger charge is -2.12. The molecule has 120 valence electrons. The van der Waals surface area contributed by atoms with E-state index in [2.05, 4.69) is 89.9 Å². The molecule has 1 aliphatic heterocycles. The van der Waals surface area contributed by atoms with Gasteiger partial charge in [-0.05, 0) is 22.8 Å². The average Bonchev–Trinajstić information content (AvgIpc) is 3.26. The molecular weight excluding hydrogens is 313 g/mol. The summed E-state index contributed by atoms with van der Waals surface area (Å²) in [5.41, 5.74) is 10.7. The Morgan fingerprint density at radius 2 is 1.23 bits per heavy atom. The lowest BCUT2D eigenvalue weighted by Crippen LogP contribution is -2.20. The zero-order valence-corrected chi connectivity index (χ0v) is 14.3. The van der Waals surface area contributed by atoms with Crippen molar-refractivity contribution in [3.8, 4) is 22.3 Å². The minimum atomic E-state index is 1.03. The second kappa shape index (κ2) is 5.12. The van der Waals surface area contributed by atoms with Crippen LogP contribution in [0.3, 0.4) is 0 Å². The van der Waals surface area contributed by atoms with Crippen LogP contribution in [0.15, 0.2) is 84.9 Å². The highest BCUT2D eigenvalue weighted by Crippen LogP contribution is 2.37. The average molecular weight is 329 g/mol. The summed E-state index contributed by atoms with van der Waals surface area (Å²) in [5, 5.41) is 2.58. The van der Waals surface area contributed by atoms with Crippen LogP contribution in [-0.4, -0.2) is 12.3 Å². The molecule has 0 saturated heterocycles. The third kappa shape index (κ3) is 1.82. The highest BCUT2D eigenvalue weighted by atomic mass is 14.7. The van der Waals surface area contributed by atoms with Crippen molar-refractivity contribution < 1.29 is 0 Å². The van der Waals surface area contributed by atoms with Crippen LogP contribution in [0.1, 0.15) is 0 Å². The Kier molecular flexibility index (Phi) is 2.75. The number of hydrogen-bond acceptors (Lipinski definition) is 0. The largest absolute Gasteiger partial charge is 0.354 e. The molecule has 4 aromatic carbocycles. The van der Waals surface area contributed by atoms with Gasteiger partial charge in [0.2, 0.25) is 0 Å². The molecular formula is C24H16BN. The third-order valence-corrected chi connectivity index (χ3v) is 5.65. The monoisotopic (exact) mass is 329 g/mol. The van der Waals surface area contributed by atoms with Crippen LogP contribution in [0.25, 0.3) is 44.1 Å². The zero-order valence-electron chi connectivity index (χ0n) is 14.3. The summed E-state index contributed by atoms with van der Waals surface area (Å²) in [6.45, 7) is 0. The second-order valence-electron chi connectivity index (χ2n) is 7.07. The predicted octanol–water partition coefficient (Wildman–Crippen LogP) is 4.36. The van der Waals surface area contributed by atoms with E-state index < -0.39 is 0 Å². The van der Waals surface area contributed by atoms with Crippen LogP contribution in [0.2, 0.25) is 0 Å². The van der Waals surface area contributed by atoms with E-state index in [1.165, 1.54) is 55.0 Å². The molecule has 6 rings (SSSR count). The van der Waals surface area contributed by atoms with Gasteiger partial charge in [0, 0.05) is 21.9 Å². The summed E-state index contributed by atoms with van der Waals surface area (Å²) >= 11 is 0. The van der Waals surface area contributed by atoms with Crippen LogP contribution >= 0.6 is 0 Å². The molecule has 1 nitrogen and oxygen atoms in total. The Morgan fingerprint density at radius 3 is 2.23 bits per heavy atom. The van der Waals surface area contributed by atoms with Crippen molar-refractivity contribution in [2.45, 2.75) is 0 Å². The Balaban J connectivity index is 1.71. The summed E-state index contributed by atoms with van der Waals surface area (Å²) in [6.07, 6.45) is 0. The summed E-state index contributed by atoms with van der Waals surface area (Å²) < 4.78 is 0. The normalized spacial score (nSPS) is 12.2. The van der Waals surface area contributed by atoms with Crippen LogP contribution in [0, 0.1) is 0 Å². The van der Waals surface area contributed by atoms with Crippen LogP contribution in [0.4, 0.5) is 0 Å². The lowest BCUT2D eigenvalue weighted by atomic mass is 9.68. The smallest absolute Gasteiger partial charge is 0.193 e. The predicted molar refractivity (Wildman–Crippen MR) is 113 cm³/mol. The van der Waals surface area contributed by atoms with E-state index in [1.54, 1.807) is 0 Å². The molecule has 1 aromatic heterocycles. The molecule has 0 fully saturated rings. The molecule has 0 bridgehead atoms. The SMILES string of the molecule is B1c2ccccc2-c2c1cccc2-c1cccc2c1[nH]c1ccccc12. The van der Waals surface area contributed by atoms with Gasteiger partial charge >= 0.3 is 0 Å². The number of nitrogens with one attached hydrogen (secondary N) is 1. The first-order valence-corrected chi connectivity index (χ1v) is 9.10. The van der Waals surface area contributed by atoms with Crippen molar-refractivity contribution in [3.05, 3.63) is 84.9 Å². The lowest BCUT2D eigenvalue weighted by molar-refractivity contribution is 1.54. The fourth-order valence-corrected chi connectivity index (χ4v) is 4.51. The molecule has 2 heterocycles. The van der Waals surface area contributed by atoms with Gasteiger partial charge in [-0.25, -0.2) is 0 Å². The molecule has 0 amide bonds. The topological polar surface area (TPSA) is 15.8 Å². The van der Waals surface area contributed by atoms with Gasteiger partial charge in [-0.15, -0.1) is 0 Å². The highest BCUT2D eigenvalue weighted by molar-refractivity contribution is 6.73. The fourth-order valence-electron chi connectivity index (χ4n) is 4.51. The van der Waals surface area contributed by atoms with E-state index in [9.17, 15) is 0 Å². The van der Waals surface area contributed by atoms with Crippen LogP contribution in [0.5, 0.6) is 0 Å². The molecule has 0 radical (unpaired) electrons. The summed E-state index contributed by atoms with van der Waals surface area (Å²) in [7, 11) is 1.03. The van der Waals surface area contributed by atoms with Crippen molar-refractivity contribution in [3.63, 3.8) is 0 Å². The van der Waals surface area contributed by atoms with Gasteiger partial charge < -0.3 is 4.98 Å². The van der Waals surface area contributed by atoms with E-state index in [4.69, 9.17) is 0 Å². The van der Waals surface area contributed by atoms with E-state index in [1.807, 2.05) is 0 Å². The molecule has 1 aliphatic rings. The molecule has 5 aromatic rings. The van der Waals surface area contributed by atoms with Crippen LogP contribution in [-0.2, 0) is 0 Å². The maximum atomic E-state index is 3.66. The van der Waals surface area contributed by atoms with Gasteiger partial charge in [0.25, 0.3) is 0 Å². The number of para-hydroxylation sites is 2.